The van der Waals surface area contributed by atoms with E-state index in [0.29, 0.717) is 0 Å². The largest absolute Gasteiger partial charge is 0.376 e. The molecule has 2 rings (SSSR count). The van der Waals surface area contributed by atoms with Crippen molar-refractivity contribution in [1.82, 2.24) is 5.32 Å². The normalized spacial score (nSPS) is 20.4. The van der Waals surface area contributed by atoms with Crippen molar-refractivity contribution < 1.29 is 9.53 Å². The molecule has 0 saturated carbocycles. The lowest BCUT2D eigenvalue weighted by Gasteiger charge is -2.20. The maximum Gasteiger partial charge on any atom is 0.319 e. The summed E-state index contributed by atoms with van der Waals surface area (Å²) in [5.41, 5.74) is 0.759. The van der Waals surface area contributed by atoms with Gasteiger partial charge in [-0.2, -0.15) is 0 Å². The molecule has 2 amide bonds. The minimum Gasteiger partial charge on any atom is -0.376 e. The van der Waals surface area contributed by atoms with Gasteiger partial charge in [-0.05, 0) is 47.8 Å². The Morgan fingerprint density at radius 1 is 1.50 bits per heavy atom. The third-order valence-electron chi connectivity index (χ3n) is 3.00. The molecule has 2 N–H and O–H groups in total. The molecule has 98 valence electrons. The van der Waals surface area contributed by atoms with E-state index in [1.165, 1.54) is 0 Å². The lowest BCUT2D eigenvalue weighted by atomic mass is 10.1. The Balaban J connectivity index is 1.86. The van der Waals surface area contributed by atoms with Crippen molar-refractivity contribution in [3.63, 3.8) is 0 Å². The number of carbonyl (C=O) groups is 1. The monoisotopic (exact) mass is 312 g/mol. The molecule has 1 saturated heterocycles. The van der Waals surface area contributed by atoms with Crippen LogP contribution in [0.15, 0.2) is 28.7 Å². The van der Waals surface area contributed by atoms with E-state index in [1.54, 1.807) is 0 Å². The quantitative estimate of drug-likeness (QED) is 0.901. The molecule has 1 heterocycles. The average Bonchev–Trinajstić information content (AvgIpc) is 2.85. The van der Waals surface area contributed by atoms with Crippen LogP contribution in [0.5, 0.6) is 0 Å². The van der Waals surface area contributed by atoms with Gasteiger partial charge in [-0.3, -0.25) is 0 Å². The Labute approximate surface area is 115 Å². The molecule has 1 aromatic rings. The minimum absolute atomic E-state index is 0.0231. The molecule has 0 aliphatic carbocycles. The standard InChI is InChI=1S/C13H17BrN2O2/c1-9(12-7-4-8-18-12)15-13(17)16-11-6-3-2-5-10(11)14/h2-3,5-6,9,12H,4,7-8H2,1H3,(H2,15,16,17)/t9-,12-/m0/s1. The second-order valence-electron chi connectivity index (χ2n) is 4.42. The number of anilines is 1. The van der Waals surface area contributed by atoms with Gasteiger partial charge in [-0.25, -0.2) is 4.79 Å². The molecule has 0 aromatic heterocycles. The Kier molecular flexibility index (Phi) is 4.60. The SMILES string of the molecule is C[C@H](NC(=O)Nc1ccccc1Br)[C@@H]1CCCO1. The topological polar surface area (TPSA) is 50.4 Å². The summed E-state index contributed by atoms with van der Waals surface area (Å²) < 4.78 is 6.40. The number of rotatable bonds is 3. The van der Waals surface area contributed by atoms with Crippen LogP contribution in [0.1, 0.15) is 19.8 Å². The molecular weight excluding hydrogens is 296 g/mol. The van der Waals surface area contributed by atoms with Crippen molar-refractivity contribution >= 4 is 27.6 Å². The van der Waals surface area contributed by atoms with Gasteiger partial charge >= 0.3 is 6.03 Å². The second-order valence-corrected chi connectivity index (χ2v) is 5.27. The first kappa shape index (κ1) is 13.4. The van der Waals surface area contributed by atoms with E-state index in [0.717, 1.165) is 29.6 Å². The number of carbonyl (C=O) groups excluding carboxylic acids is 1. The van der Waals surface area contributed by atoms with Gasteiger partial charge in [0.15, 0.2) is 0 Å². The maximum absolute atomic E-state index is 11.8. The third kappa shape index (κ3) is 3.46. The molecule has 5 heteroatoms. The fourth-order valence-electron chi connectivity index (χ4n) is 2.02. The molecule has 2 atom stereocenters. The van der Waals surface area contributed by atoms with Gasteiger partial charge < -0.3 is 15.4 Å². The number of nitrogens with one attached hydrogen (secondary N) is 2. The number of amides is 2. The predicted molar refractivity (Wildman–Crippen MR) is 74.7 cm³/mol. The van der Waals surface area contributed by atoms with Crippen LogP contribution in [0.25, 0.3) is 0 Å². The highest BCUT2D eigenvalue weighted by molar-refractivity contribution is 9.10. The number of benzene rings is 1. The molecule has 4 nitrogen and oxygen atoms in total. The van der Waals surface area contributed by atoms with Crippen LogP contribution in [0.4, 0.5) is 10.5 Å². The highest BCUT2D eigenvalue weighted by Gasteiger charge is 2.23. The first-order valence-corrected chi connectivity index (χ1v) is 6.90. The van der Waals surface area contributed by atoms with Gasteiger partial charge in [0.1, 0.15) is 0 Å². The highest BCUT2D eigenvalue weighted by atomic mass is 79.9. The summed E-state index contributed by atoms with van der Waals surface area (Å²) in [6, 6.07) is 7.34. The number of hydrogen-bond donors (Lipinski definition) is 2. The molecule has 0 unspecified atom stereocenters. The molecule has 0 spiro atoms. The van der Waals surface area contributed by atoms with E-state index in [2.05, 4.69) is 26.6 Å². The molecule has 18 heavy (non-hydrogen) atoms. The lowest BCUT2D eigenvalue weighted by Crippen LogP contribution is -2.43. The zero-order valence-corrected chi connectivity index (χ0v) is 11.9. The highest BCUT2D eigenvalue weighted by Crippen LogP contribution is 2.21. The molecule has 0 bridgehead atoms. The van der Waals surface area contributed by atoms with E-state index < -0.39 is 0 Å². The van der Waals surface area contributed by atoms with Crippen molar-refractivity contribution in [2.75, 3.05) is 11.9 Å². The molecule has 1 aliphatic rings. The van der Waals surface area contributed by atoms with Crippen LogP contribution >= 0.6 is 15.9 Å². The predicted octanol–water partition coefficient (Wildman–Crippen LogP) is 3.14. The van der Waals surface area contributed by atoms with Crippen LogP contribution in [0, 0.1) is 0 Å². The number of hydrogen-bond acceptors (Lipinski definition) is 2. The third-order valence-corrected chi connectivity index (χ3v) is 3.69. The molecule has 0 radical (unpaired) electrons. The number of halogens is 1. The van der Waals surface area contributed by atoms with E-state index in [9.17, 15) is 4.79 Å². The fraction of sp³-hybridized carbons (Fsp3) is 0.462. The van der Waals surface area contributed by atoms with Crippen molar-refractivity contribution in [2.45, 2.75) is 31.9 Å². The Morgan fingerprint density at radius 3 is 2.94 bits per heavy atom. The Hall–Kier alpha value is -1.07. The van der Waals surface area contributed by atoms with Gasteiger partial charge in [0, 0.05) is 11.1 Å². The van der Waals surface area contributed by atoms with Gasteiger partial charge in [0.2, 0.25) is 0 Å². The van der Waals surface area contributed by atoms with Crippen LogP contribution in [0.3, 0.4) is 0 Å². The molecular formula is C13H17BrN2O2. The zero-order valence-electron chi connectivity index (χ0n) is 10.3. The van der Waals surface area contributed by atoms with Crippen molar-refractivity contribution in [2.24, 2.45) is 0 Å². The average molecular weight is 313 g/mol. The zero-order chi connectivity index (χ0) is 13.0. The van der Waals surface area contributed by atoms with Crippen molar-refractivity contribution in [3.05, 3.63) is 28.7 Å². The fourth-order valence-corrected chi connectivity index (χ4v) is 2.40. The van der Waals surface area contributed by atoms with Crippen LogP contribution in [-0.4, -0.2) is 24.8 Å². The van der Waals surface area contributed by atoms with Crippen LogP contribution in [0.2, 0.25) is 0 Å². The Bertz CT molecular complexity index is 419. The summed E-state index contributed by atoms with van der Waals surface area (Å²) in [7, 11) is 0. The minimum atomic E-state index is -0.204. The van der Waals surface area contributed by atoms with E-state index in [1.807, 2.05) is 31.2 Å². The first-order chi connectivity index (χ1) is 8.66. The van der Waals surface area contributed by atoms with E-state index in [-0.39, 0.29) is 18.2 Å². The van der Waals surface area contributed by atoms with Crippen LogP contribution < -0.4 is 10.6 Å². The maximum atomic E-state index is 11.8. The molecule has 1 aliphatic heterocycles. The number of urea groups is 1. The summed E-state index contributed by atoms with van der Waals surface area (Å²) in [5, 5.41) is 5.71. The van der Waals surface area contributed by atoms with Crippen molar-refractivity contribution in [1.29, 1.82) is 0 Å². The van der Waals surface area contributed by atoms with Gasteiger partial charge in [-0.1, -0.05) is 12.1 Å². The number of para-hydroxylation sites is 1. The summed E-state index contributed by atoms with van der Waals surface area (Å²) in [5.74, 6) is 0. The first-order valence-electron chi connectivity index (χ1n) is 6.10. The second kappa shape index (κ2) is 6.20. The molecule has 1 aromatic carbocycles. The lowest BCUT2D eigenvalue weighted by molar-refractivity contribution is 0.0868. The van der Waals surface area contributed by atoms with E-state index >= 15 is 0 Å². The smallest absolute Gasteiger partial charge is 0.319 e. The Morgan fingerprint density at radius 2 is 2.28 bits per heavy atom. The summed E-state index contributed by atoms with van der Waals surface area (Å²) in [4.78, 5) is 11.8. The van der Waals surface area contributed by atoms with E-state index in [4.69, 9.17) is 4.74 Å². The summed E-state index contributed by atoms with van der Waals surface area (Å²) >= 11 is 3.39. The van der Waals surface area contributed by atoms with Gasteiger partial charge in [-0.15, -0.1) is 0 Å². The summed E-state index contributed by atoms with van der Waals surface area (Å²) in [6.07, 6.45) is 2.22. The number of ether oxygens (including phenoxy) is 1. The molecule has 1 fully saturated rings. The van der Waals surface area contributed by atoms with Crippen LogP contribution in [-0.2, 0) is 4.74 Å². The van der Waals surface area contributed by atoms with Gasteiger partial charge in [0.25, 0.3) is 0 Å². The summed E-state index contributed by atoms with van der Waals surface area (Å²) in [6.45, 7) is 2.76. The van der Waals surface area contributed by atoms with Crippen molar-refractivity contribution in [3.8, 4) is 0 Å². The van der Waals surface area contributed by atoms with Gasteiger partial charge in [0.05, 0.1) is 17.8 Å².